The third-order valence-electron chi connectivity index (χ3n) is 3.22. The molecule has 1 heterocycles. The van der Waals surface area contributed by atoms with Gasteiger partial charge in [0.05, 0.1) is 5.69 Å². The van der Waals surface area contributed by atoms with Crippen molar-refractivity contribution in [2.24, 2.45) is 0 Å². The van der Waals surface area contributed by atoms with Crippen molar-refractivity contribution in [2.75, 3.05) is 0 Å². The molecule has 0 spiro atoms. The summed E-state index contributed by atoms with van der Waals surface area (Å²) in [5, 5.41) is 0. The van der Waals surface area contributed by atoms with Crippen molar-refractivity contribution in [3.05, 3.63) is 46.8 Å². The van der Waals surface area contributed by atoms with E-state index in [1.54, 1.807) is 0 Å². The van der Waals surface area contributed by atoms with Crippen LogP contribution < -0.4 is 0 Å². The van der Waals surface area contributed by atoms with Gasteiger partial charge in [0.25, 0.3) is 0 Å². The van der Waals surface area contributed by atoms with Gasteiger partial charge in [0, 0.05) is 23.4 Å². The van der Waals surface area contributed by atoms with Crippen LogP contribution >= 0.6 is 0 Å². The second-order valence-electron chi connectivity index (χ2n) is 4.82. The maximum Gasteiger partial charge on any atom is 0.367 e. The van der Waals surface area contributed by atoms with Crippen molar-refractivity contribution < 1.29 is 31.1 Å². The summed E-state index contributed by atoms with van der Waals surface area (Å²) in [5.41, 5.74) is -1.12. The maximum absolute atomic E-state index is 13.7. The molecule has 0 unspecified atom stereocenters. The fourth-order valence-corrected chi connectivity index (χ4v) is 2.00. The van der Waals surface area contributed by atoms with Gasteiger partial charge < -0.3 is 0 Å². The smallest absolute Gasteiger partial charge is 0.294 e. The van der Waals surface area contributed by atoms with Gasteiger partial charge in [-0.2, -0.15) is 17.6 Å². The molecule has 118 valence electrons. The molecule has 1 aliphatic rings. The summed E-state index contributed by atoms with van der Waals surface area (Å²) in [6, 6.07) is 1.05. The molecule has 0 bridgehead atoms. The predicted molar refractivity (Wildman–Crippen MR) is 66.1 cm³/mol. The number of Topliss-reactive ketones (excluding diaryl/α,β-unsaturated/α-hetero) is 1. The summed E-state index contributed by atoms with van der Waals surface area (Å²) < 4.78 is 79.6. The van der Waals surface area contributed by atoms with Crippen molar-refractivity contribution in [1.82, 2.24) is 4.98 Å². The van der Waals surface area contributed by atoms with Gasteiger partial charge in [0.1, 0.15) is 0 Å². The molecule has 1 aromatic rings. The Morgan fingerprint density at radius 2 is 1.77 bits per heavy atom. The summed E-state index contributed by atoms with van der Waals surface area (Å²) in [6.07, 6.45) is 0.630. The molecule has 0 aromatic carbocycles. The SMILES string of the molecule is CC(=O)c1cnc(C2=CC(F)(F)C(F)(F)C(F)=C2F)cc1C. The highest BCUT2D eigenvalue weighted by molar-refractivity contribution is 5.95. The molecule has 0 aliphatic heterocycles. The van der Waals surface area contributed by atoms with Crippen molar-refractivity contribution in [3.63, 3.8) is 0 Å². The first kappa shape index (κ1) is 16.3. The van der Waals surface area contributed by atoms with Crippen LogP contribution in [0.25, 0.3) is 5.57 Å². The van der Waals surface area contributed by atoms with Crippen LogP contribution in [0, 0.1) is 6.92 Å². The minimum Gasteiger partial charge on any atom is -0.294 e. The summed E-state index contributed by atoms with van der Waals surface area (Å²) in [6.45, 7) is 2.66. The normalized spacial score (nSPS) is 19.9. The molecule has 1 aromatic heterocycles. The molecule has 1 aliphatic carbocycles. The van der Waals surface area contributed by atoms with E-state index in [0.717, 1.165) is 12.3 Å². The Morgan fingerprint density at radius 1 is 1.18 bits per heavy atom. The number of alkyl halides is 4. The number of rotatable bonds is 2. The summed E-state index contributed by atoms with van der Waals surface area (Å²) in [7, 11) is 0. The van der Waals surface area contributed by atoms with Crippen molar-refractivity contribution in [3.8, 4) is 0 Å². The van der Waals surface area contributed by atoms with Gasteiger partial charge in [-0.25, -0.2) is 8.78 Å². The molecule has 2 rings (SSSR count). The second kappa shape index (κ2) is 4.96. The molecule has 22 heavy (non-hydrogen) atoms. The van der Waals surface area contributed by atoms with Crippen LogP contribution in [0.3, 0.4) is 0 Å². The Hall–Kier alpha value is -2.12. The van der Waals surface area contributed by atoms with Gasteiger partial charge in [-0.1, -0.05) is 0 Å². The van der Waals surface area contributed by atoms with E-state index in [1.807, 2.05) is 0 Å². The summed E-state index contributed by atoms with van der Waals surface area (Å²) in [4.78, 5) is 14.8. The number of carbonyl (C=O) groups excluding carboxylic acids is 1. The predicted octanol–water partition coefficient (Wildman–Crippen LogP) is 4.41. The first-order valence-electron chi connectivity index (χ1n) is 6.01. The Balaban J connectivity index is 2.61. The molecule has 0 atom stereocenters. The van der Waals surface area contributed by atoms with Crippen LogP contribution in [0.1, 0.15) is 28.5 Å². The molecular formula is C14H9F6NO. The summed E-state index contributed by atoms with van der Waals surface area (Å²) >= 11 is 0. The highest BCUT2D eigenvalue weighted by Gasteiger charge is 2.62. The topological polar surface area (TPSA) is 30.0 Å². The molecular weight excluding hydrogens is 312 g/mol. The molecule has 0 amide bonds. The Kier molecular flexibility index (Phi) is 3.67. The van der Waals surface area contributed by atoms with Gasteiger partial charge >= 0.3 is 11.8 Å². The van der Waals surface area contributed by atoms with Gasteiger partial charge in [0.15, 0.2) is 11.6 Å². The Labute approximate surface area is 121 Å². The zero-order valence-corrected chi connectivity index (χ0v) is 11.4. The minimum absolute atomic E-state index is 0.155. The van der Waals surface area contributed by atoms with Crippen LogP contribution in [0.15, 0.2) is 30.0 Å². The second-order valence-corrected chi connectivity index (χ2v) is 4.82. The average Bonchev–Trinajstić information content (AvgIpc) is 2.41. The van der Waals surface area contributed by atoms with Crippen LogP contribution in [0.2, 0.25) is 0 Å². The monoisotopic (exact) mass is 321 g/mol. The van der Waals surface area contributed by atoms with Crippen molar-refractivity contribution >= 4 is 11.4 Å². The number of hydrogen-bond donors (Lipinski definition) is 0. The number of nitrogens with zero attached hydrogens (tertiary/aromatic N) is 1. The fourth-order valence-electron chi connectivity index (χ4n) is 2.00. The highest BCUT2D eigenvalue weighted by Crippen LogP contribution is 2.50. The number of hydrogen-bond acceptors (Lipinski definition) is 2. The number of halogens is 6. The van der Waals surface area contributed by atoms with E-state index in [0.29, 0.717) is 0 Å². The van der Waals surface area contributed by atoms with Crippen LogP contribution in [-0.2, 0) is 0 Å². The quantitative estimate of drug-likeness (QED) is 0.596. The van der Waals surface area contributed by atoms with E-state index in [9.17, 15) is 31.1 Å². The number of carbonyl (C=O) groups is 1. The fraction of sp³-hybridized carbons (Fsp3) is 0.286. The molecule has 0 saturated heterocycles. The summed E-state index contributed by atoms with van der Waals surface area (Å²) in [5.74, 6) is -15.5. The van der Waals surface area contributed by atoms with E-state index in [2.05, 4.69) is 4.98 Å². The van der Waals surface area contributed by atoms with Crippen LogP contribution in [-0.4, -0.2) is 22.6 Å². The largest absolute Gasteiger partial charge is 0.367 e. The molecule has 2 nitrogen and oxygen atoms in total. The average molecular weight is 321 g/mol. The zero-order valence-electron chi connectivity index (χ0n) is 11.4. The van der Waals surface area contributed by atoms with Crippen molar-refractivity contribution in [2.45, 2.75) is 25.7 Å². The lowest BCUT2D eigenvalue weighted by Crippen LogP contribution is -2.42. The molecule has 0 radical (unpaired) electrons. The first-order valence-corrected chi connectivity index (χ1v) is 6.01. The van der Waals surface area contributed by atoms with Crippen LogP contribution in [0.5, 0.6) is 0 Å². The zero-order chi connectivity index (χ0) is 16.9. The molecule has 0 N–H and O–H groups in total. The lowest BCUT2D eigenvalue weighted by atomic mass is 9.94. The van der Waals surface area contributed by atoms with Gasteiger partial charge in [-0.3, -0.25) is 9.78 Å². The van der Waals surface area contributed by atoms with E-state index in [1.165, 1.54) is 13.8 Å². The molecule has 8 heteroatoms. The van der Waals surface area contributed by atoms with E-state index in [4.69, 9.17) is 0 Å². The highest BCUT2D eigenvalue weighted by atomic mass is 19.3. The van der Waals surface area contributed by atoms with Crippen molar-refractivity contribution in [1.29, 1.82) is 0 Å². The number of aryl methyl sites for hydroxylation is 1. The number of pyridine rings is 1. The number of aromatic nitrogens is 1. The van der Waals surface area contributed by atoms with E-state index in [-0.39, 0.29) is 23.0 Å². The lowest BCUT2D eigenvalue weighted by Gasteiger charge is -2.27. The number of ketones is 1. The molecule has 0 fully saturated rings. The van der Waals surface area contributed by atoms with Gasteiger partial charge in [0.2, 0.25) is 5.83 Å². The van der Waals surface area contributed by atoms with Gasteiger partial charge in [-0.05, 0) is 25.5 Å². The lowest BCUT2D eigenvalue weighted by molar-refractivity contribution is -0.167. The minimum atomic E-state index is -5.26. The Bertz CT molecular complexity index is 720. The third kappa shape index (κ3) is 2.32. The van der Waals surface area contributed by atoms with E-state index < -0.39 is 34.8 Å². The molecule has 0 saturated carbocycles. The van der Waals surface area contributed by atoms with E-state index >= 15 is 0 Å². The van der Waals surface area contributed by atoms with Gasteiger partial charge in [-0.15, -0.1) is 0 Å². The maximum atomic E-state index is 13.7. The third-order valence-corrected chi connectivity index (χ3v) is 3.22. The first-order chi connectivity index (χ1) is 9.99. The Morgan fingerprint density at radius 3 is 2.27 bits per heavy atom. The standard InChI is InChI=1S/C14H9F6NO/c1-6-3-10(21-5-9(6)7(2)22)8-4-13(17,18)14(19,20)12(16)11(8)15/h3-5H,1-2H3. The van der Waals surface area contributed by atoms with Crippen LogP contribution in [0.4, 0.5) is 26.3 Å². The number of allylic oxidation sites excluding steroid dienone is 4.